The second-order valence-electron chi connectivity index (χ2n) is 6.17. The second kappa shape index (κ2) is 5.40. The van der Waals surface area contributed by atoms with Crippen LogP contribution in [0.25, 0.3) is 0 Å². The van der Waals surface area contributed by atoms with Gasteiger partial charge < -0.3 is 4.90 Å². The maximum atomic E-state index is 9.51. The molecule has 0 amide bonds. The number of anilines is 1. The summed E-state index contributed by atoms with van der Waals surface area (Å²) >= 11 is 0. The number of aromatic nitrogens is 2. The van der Waals surface area contributed by atoms with Gasteiger partial charge in [-0.05, 0) is 51.0 Å². The predicted molar refractivity (Wildman–Crippen MR) is 78.5 cm³/mol. The van der Waals surface area contributed by atoms with E-state index in [-0.39, 0.29) is 0 Å². The summed E-state index contributed by atoms with van der Waals surface area (Å²) in [6.07, 6.45) is 7.78. The Morgan fingerprint density at radius 2 is 1.85 bits per heavy atom. The molecule has 3 rings (SSSR count). The third kappa shape index (κ3) is 2.15. The van der Waals surface area contributed by atoms with Crippen LogP contribution in [0.3, 0.4) is 0 Å². The number of rotatable bonds is 1. The van der Waals surface area contributed by atoms with Crippen LogP contribution in [-0.4, -0.2) is 22.8 Å². The summed E-state index contributed by atoms with van der Waals surface area (Å²) in [4.78, 5) is 2.38. The molecule has 106 valence electrons. The molecule has 0 spiro atoms. The second-order valence-corrected chi connectivity index (χ2v) is 6.17. The number of fused-ring (bicyclic) bond motifs is 1. The van der Waals surface area contributed by atoms with Crippen molar-refractivity contribution in [3.8, 4) is 6.07 Å². The van der Waals surface area contributed by atoms with Crippen molar-refractivity contribution in [2.24, 2.45) is 5.92 Å². The van der Waals surface area contributed by atoms with Crippen LogP contribution in [-0.2, 0) is 0 Å². The van der Waals surface area contributed by atoms with E-state index >= 15 is 0 Å². The minimum atomic E-state index is 0.570. The van der Waals surface area contributed by atoms with Crippen LogP contribution in [0.1, 0.15) is 55.3 Å². The van der Waals surface area contributed by atoms with E-state index in [1.165, 1.54) is 38.5 Å². The van der Waals surface area contributed by atoms with Crippen LogP contribution >= 0.6 is 0 Å². The molecular weight excluding hydrogens is 248 g/mol. The highest BCUT2D eigenvalue weighted by Gasteiger charge is 2.35. The van der Waals surface area contributed by atoms with Crippen molar-refractivity contribution in [1.29, 1.82) is 5.26 Å². The first kappa shape index (κ1) is 13.4. The number of aryl methyl sites for hydroxylation is 1. The molecule has 2 unspecified atom stereocenters. The molecule has 1 aliphatic heterocycles. The Hall–Kier alpha value is -1.63. The predicted octanol–water partition coefficient (Wildman–Crippen LogP) is 3.12. The Balaban J connectivity index is 1.99. The summed E-state index contributed by atoms with van der Waals surface area (Å²) in [5.74, 6) is 1.61. The fraction of sp³-hybridized carbons (Fsp3) is 0.688. The van der Waals surface area contributed by atoms with E-state index < -0.39 is 0 Å². The van der Waals surface area contributed by atoms with Crippen LogP contribution in [0.5, 0.6) is 0 Å². The molecule has 2 atom stereocenters. The van der Waals surface area contributed by atoms with Crippen molar-refractivity contribution in [2.75, 3.05) is 11.4 Å². The first-order chi connectivity index (χ1) is 9.72. The molecule has 0 aromatic carbocycles. The summed E-state index contributed by atoms with van der Waals surface area (Å²) in [6.45, 7) is 4.92. The number of piperidine rings is 1. The first-order valence-electron chi connectivity index (χ1n) is 7.73. The smallest absolute Gasteiger partial charge is 0.169 e. The van der Waals surface area contributed by atoms with Crippen molar-refractivity contribution in [1.82, 2.24) is 10.2 Å². The summed E-state index contributed by atoms with van der Waals surface area (Å²) in [7, 11) is 0. The van der Waals surface area contributed by atoms with Crippen molar-refractivity contribution in [2.45, 2.75) is 58.4 Å². The van der Waals surface area contributed by atoms with E-state index in [1.807, 2.05) is 13.8 Å². The molecule has 2 aliphatic rings. The van der Waals surface area contributed by atoms with E-state index in [4.69, 9.17) is 0 Å². The van der Waals surface area contributed by atoms with E-state index in [9.17, 15) is 5.26 Å². The van der Waals surface area contributed by atoms with Gasteiger partial charge in [0.15, 0.2) is 5.82 Å². The van der Waals surface area contributed by atoms with Crippen molar-refractivity contribution < 1.29 is 0 Å². The summed E-state index contributed by atoms with van der Waals surface area (Å²) in [5.41, 5.74) is 2.57. The van der Waals surface area contributed by atoms with Crippen LogP contribution in [0.4, 0.5) is 5.82 Å². The molecule has 1 saturated heterocycles. The number of hydrogen-bond donors (Lipinski definition) is 0. The van der Waals surface area contributed by atoms with E-state index in [0.717, 1.165) is 35.1 Å². The SMILES string of the molecule is Cc1nnc(N2CCCC3CCCCC32)c(C#N)c1C. The topological polar surface area (TPSA) is 52.8 Å². The highest BCUT2D eigenvalue weighted by molar-refractivity contribution is 5.58. The van der Waals surface area contributed by atoms with Gasteiger partial charge >= 0.3 is 0 Å². The molecule has 2 heterocycles. The zero-order valence-electron chi connectivity index (χ0n) is 12.4. The Kier molecular flexibility index (Phi) is 3.60. The maximum absolute atomic E-state index is 9.51. The van der Waals surface area contributed by atoms with E-state index in [0.29, 0.717) is 6.04 Å². The van der Waals surface area contributed by atoms with Crippen LogP contribution in [0.2, 0.25) is 0 Å². The largest absolute Gasteiger partial charge is 0.351 e. The molecule has 1 aromatic rings. The van der Waals surface area contributed by atoms with Gasteiger partial charge in [0.05, 0.1) is 5.69 Å². The summed E-state index contributed by atoms with van der Waals surface area (Å²) in [5, 5.41) is 18.1. The average Bonchev–Trinajstić information content (AvgIpc) is 2.49. The van der Waals surface area contributed by atoms with Gasteiger partial charge in [0.1, 0.15) is 11.6 Å². The van der Waals surface area contributed by atoms with Gasteiger partial charge in [-0.15, -0.1) is 5.10 Å². The van der Waals surface area contributed by atoms with Gasteiger partial charge in [0.25, 0.3) is 0 Å². The number of nitrogens with zero attached hydrogens (tertiary/aromatic N) is 4. The normalized spacial score (nSPS) is 25.9. The lowest BCUT2D eigenvalue weighted by molar-refractivity contribution is 0.242. The Morgan fingerprint density at radius 1 is 1.10 bits per heavy atom. The third-order valence-corrected chi connectivity index (χ3v) is 5.06. The number of nitriles is 1. The lowest BCUT2D eigenvalue weighted by atomic mass is 9.78. The molecule has 1 aliphatic carbocycles. The molecule has 0 bridgehead atoms. The van der Waals surface area contributed by atoms with Gasteiger partial charge in [0, 0.05) is 12.6 Å². The van der Waals surface area contributed by atoms with E-state index in [2.05, 4.69) is 21.2 Å². The maximum Gasteiger partial charge on any atom is 0.169 e. The molecule has 4 nitrogen and oxygen atoms in total. The van der Waals surface area contributed by atoms with Crippen LogP contribution in [0.15, 0.2) is 0 Å². The summed E-state index contributed by atoms with van der Waals surface area (Å²) < 4.78 is 0. The standard InChI is InChI=1S/C16H22N4/c1-11-12(2)18-19-16(14(11)10-17)20-9-5-7-13-6-3-4-8-15(13)20/h13,15H,3-9H2,1-2H3. The van der Waals surface area contributed by atoms with Gasteiger partial charge in [-0.3, -0.25) is 0 Å². The lowest BCUT2D eigenvalue weighted by Gasteiger charge is -2.44. The van der Waals surface area contributed by atoms with Gasteiger partial charge in [-0.25, -0.2) is 0 Å². The molecule has 20 heavy (non-hydrogen) atoms. The first-order valence-corrected chi connectivity index (χ1v) is 7.73. The van der Waals surface area contributed by atoms with Crippen LogP contribution < -0.4 is 4.90 Å². The fourth-order valence-corrected chi connectivity index (χ4v) is 3.82. The minimum Gasteiger partial charge on any atom is -0.351 e. The fourth-order valence-electron chi connectivity index (χ4n) is 3.82. The summed E-state index contributed by atoms with van der Waals surface area (Å²) in [6, 6.07) is 2.92. The van der Waals surface area contributed by atoms with E-state index in [1.54, 1.807) is 0 Å². The van der Waals surface area contributed by atoms with Crippen molar-refractivity contribution in [3.63, 3.8) is 0 Å². The Morgan fingerprint density at radius 3 is 2.65 bits per heavy atom. The van der Waals surface area contributed by atoms with Crippen molar-refractivity contribution >= 4 is 5.82 Å². The molecule has 1 saturated carbocycles. The lowest BCUT2D eigenvalue weighted by Crippen LogP contribution is -2.47. The molecule has 0 N–H and O–H groups in total. The molecular formula is C16H22N4. The quantitative estimate of drug-likeness (QED) is 0.786. The molecule has 2 fully saturated rings. The monoisotopic (exact) mass is 270 g/mol. The highest BCUT2D eigenvalue weighted by atomic mass is 15.3. The zero-order valence-corrected chi connectivity index (χ0v) is 12.4. The van der Waals surface area contributed by atoms with Gasteiger partial charge in [-0.2, -0.15) is 10.4 Å². The molecule has 0 radical (unpaired) electrons. The molecule has 4 heteroatoms. The zero-order chi connectivity index (χ0) is 14.1. The Labute approximate surface area is 120 Å². The van der Waals surface area contributed by atoms with Crippen molar-refractivity contribution in [3.05, 3.63) is 16.8 Å². The number of hydrogen-bond acceptors (Lipinski definition) is 4. The highest BCUT2D eigenvalue weighted by Crippen LogP contribution is 2.38. The van der Waals surface area contributed by atoms with Crippen LogP contribution in [0, 0.1) is 31.1 Å². The third-order valence-electron chi connectivity index (χ3n) is 5.06. The van der Waals surface area contributed by atoms with Gasteiger partial charge in [0.2, 0.25) is 0 Å². The van der Waals surface area contributed by atoms with Gasteiger partial charge in [-0.1, -0.05) is 12.8 Å². The minimum absolute atomic E-state index is 0.570. The Bertz CT molecular complexity index is 544. The average molecular weight is 270 g/mol. The molecule has 1 aromatic heterocycles.